The van der Waals surface area contributed by atoms with Crippen LogP contribution < -0.4 is 19.5 Å². The SMILES string of the molecule is COc1cc(C(=O)NCC(C)(O)c2cc3c(c(-c4ccc(F)cc4)n2)OC[C@@]3(NS(=O)(=O)C(C)(C)C)C(F)(F)F)cc2cccnc12. The van der Waals surface area contributed by atoms with Crippen LogP contribution in [0.3, 0.4) is 0 Å². The highest BCUT2D eigenvalue weighted by Gasteiger charge is 2.64. The van der Waals surface area contributed by atoms with Crippen molar-refractivity contribution in [1.29, 1.82) is 0 Å². The van der Waals surface area contributed by atoms with Gasteiger partial charge in [0.1, 0.15) is 35.0 Å². The molecule has 2 aromatic carbocycles. The van der Waals surface area contributed by atoms with E-state index in [0.29, 0.717) is 16.7 Å². The van der Waals surface area contributed by atoms with Gasteiger partial charge in [0, 0.05) is 28.3 Å². The Kier molecular flexibility index (Phi) is 8.48. The Morgan fingerprint density at radius 1 is 1.09 bits per heavy atom. The van der Waals surface area contributed by atoms with Gasteiger partial charge in [-0.3, -0.25) is 9.78 Å². The molecule has 4 aromatic rings. The summed E-state index contributed by atoms with van der Waals surface area (Å²) in [5.41, 5.74) is -5.75. The van der Waals surface area contributed by atoms with Crippen LogP contribution in [0, 0.1) is 5.82 Å². The zero-order chi connectivity index (χ0) is 34.6. The molecule has 0 radical (unpaired) electrons. The Balaban J connectivity index is 1.60. The smallest absolute Gasteiger partial charge is 0.415 e. The summed E-state index contributed by atoms with van der Waals surface area (Å²) in [6.07, 6.45) is -3.66. The lowest BCUT2D eigenvalue weighted by atomic mass is 9.88. The van der Waals surface area contributed by atoms with E-state index in [9.17, 15) is 22.7 Å². The van der Waals surface area contributed by atoms with Crippen LogP contribution in [0.15, 0.2) is 60.8 Å². The van der Waals surface area contributed by atoms with Gasteiger partial charge in [-0.15, -0.1) is 0 Å². The number of hydrogen-bond acceptors (Lipinski definition) is 8. The molecule has 1 unspecified atom stereocenters. The molecule has 0 spiro atoms. The lowest BCUT2D eigenvalue weighted by Crippen LogP contribution is -2.60. The number of carbonyl (C=O) groups excluding carboxylic acids is 1. The van der Waals surface area contributed by atoms with Gasteiger partial charge in [0.2, 0.25) is 10.0 Å². The van der Waals surface area contributed by atoms with Crippen molar-refractivity contribution < 1.29 is 45.4 Å². The van der Waals surface area contributed by atoms with Crippen LogP contribution in [0.25, 0.3) is 22.2 Å². The third-order valence-corrected chi connectivity index (χ3v) is 10.1. The van der Waals surface area contributed by atoms with Gasteiger partial charge in [-0.05, 0) is 76.2 Å². The number of halogens is 4. The van der Waals surface area contributed by atoms with Gasteiger partial charge < -0.3 is 19.9 Å². The fourth-order valence-corrected chi connectivity index (χ4v) is 6.03. The van der Waals surface area contributed by atoms with E-state index in [-0.39, 0.29) is 22.5 Å². The lowest BCUT2D eigenvalue weighted by Gasteiger charge is -2.34. The summed E-state index contributed by atoms with van der Waals surface area (Å²) in [4.78, 5) is 21.9. The van der Waals surface area contributed by atoms with Gasteiger partial charge in [0.05, 0.1) is 24.1 Å². The zero-order valence-electron chi connectivity index (χ0n) is 26.0. The Morgan fingerprint density at radius 2 is 1.77 bits per heavy atom. The van der Waals surface area contributed by atoms with Crippen LogP contribution in [0.4, 0.5) is 17.6 Å². The summed E-state index contributed by atoms with van der Waals surface area (Å²) in [5.74, 6) is -1.34. The second kappa shape index (κ2) is 11.7. The number of carbonyl (C=O) groups is 1. The lowest BCUT2D eigenvalue weighted by molar-refractivity contribution is -0.196. The van der Waals surface area contributed by atoms with Gasteiger partial charge in [0.15, 0.2) is 11.3 Å². The van der Waals surface area contributed by atoms with Gasteiger partial charge >= 0.3 is 6.18 Å². The van der Waals surface area contributed by atoms with E-state index >= 15 is 13.2 Å². The molecule has 2 aromatic heterocycles. The maximum absolute atomic E-state index is 15.0. The molecule has 47 heavy (non-hydrogen) atoms. The first-order valence-electron chi connectivity index (χ1n) is 14.3. The monoisotopic (exact) mass is 676 g/mol. The summed E-state index contributed by atoms with van der Waals surface area (Å²) >= 11 is 0. The van der Waals surface area contributed by atoms with E-state index in [1.165, 1.54) is 53.0 Å². The number of rotatable bonds is 8. The fourth-order valence-electron chi connectivity index (χ4n) is 4.98. The fraction of sp³-hybridized carbons (Fsp3) is 0.344. The number of alkyl halides is 3. The van der Waals surface area contributed by atoms with Gasteiger partial charge in [0.25, 0.3) is 5.91 Å². The van der Waals surface area contributed by atoms with Crippen molar-refractivity contribution in [1.82, 2.24) is 20.0 Å². The molecule has 1 aliphatic rings. The Morgan fingerprint density at radius 3 is 2.38 bits per heavy atom. The predicted octanol–water partition coefficient (Wildman–Crippen LogP) is 4.95. The van der Waals surface area contributed by atoms with Crippen molar-refractivity contribution in [2.24, 2.45) is 0 Å². The number of aliphatic hydroxyl groups is 1. The van der Waals surface area contributed by atoms with E-state index in [2.05, 4.69) is 15.3 Å². The summed E-state index contributed by atoms with van der Waals surface area (Å²) in [7, 11) is -3.21. The highest BCUT2D eigenvalue weighted by atomic mass is 32.2. The molecule has 0 aliphatic carbocycles. The number of hydrogen-bond donors (Lipinski definition) is 3. The minimum absolute atomic E-state index is 0.137. The molecule has 1 aliphatic heterocycles. The van der Waals surface area contributed by atoms with Gasteiger partial charge in [-0.1, -0.05) is 6.07 Å². The van der Waals surface area contributed by atoms with E-state index in [0.717, 1.165) is 18.2 Å². The zero-order valence-corrected chi connectivity index (χ0v) is 26.8. The molecule has 0 bridgehead atoms. The standard InChI is InChI=1S/C32H32F4N4O6S/c1-29(2,3)47(43,44)40-31(32(34,35)36)17-46-27-22(31)15-24(39-26(27)18-8-10-21(33)11-9-18)30(4,42)16-38-28(41)20-13-19-7-6-12-37-25(19)23(14-20)45-5/h6-15,40,42H,16-17H2,1-5H3,(H,38,41)/t30?,31-/m0/s1. The van der Waals surface area contributed by atoms with Crippen LogP contribution in [-0.4, -0.2) is 60.6 Å². The highest BCUT2D eigenvalue weighted by Crippen LogP contribution is 2.52. The Hall–Kier alpha value is -4.34. The maximum Gasteiger partial charge on any atom is 0.415 e. The van der Waals surface area contributed by atoms with E-state index in [1.54, 1.807) is 24.4 Å². The number of aromatic nitrogens is 2. The van der Waals surface area contributed by atoms with Crippen molar-refractivity contribution in [3.05, 3.63) is 83.4 Å². The number of methoxy groups -OCH3 is 1. The molecule has 15 heteroatoms. The second-order valence-electron chi connectivity index (χ2n) is 12.4. The summed E-state index contributed by atoms with van der Waals surface area (Å²) < 4.78 is 96.3. The third kappa shape index (κ3) is 6.22. The minimum Gasteiger partial charge on any atom is -0.494 e. The van der Waals surface area contributed by atoms with Crippen molar-refractivity contribution in [3.8, 4) is 22.8 Å². The maximum atomic E-state index is 15.0. The molecule has 0 saturated carbocycles. The van der Waals surface area contributed by atoms with E-state index in [1.807, 2.05) is 4.72 Å². The van der Waals surface area contributed by atoms with Crippen molar-refractivity contribution in [2.75, 3.05) is 20.3 Å². The molecule has 250 valence electrons. The summed E-state index contributed by atoms with van der Waals surface area (Å²) in [6, 6.07) is 12.0. The molecule has 0 fully saturated rings. The summed E-state index contributed by atoms with van der Waals surface area (Å²) in [6.45, 7) is 3.26. The van der Waals surface area contributed by atoms with E-state index in [4.69, 9.17) is 9.47 Å². The molecule has 10 nitrogen and oxygen atoms in total. The van der Waals surface area contributed by atoms with Crippen LogP contribution in [0.1, 0.15) is 49.3 Å². The van der Waals surface area contributed by atoms with Crippen molar-refractivity contribution in [2.45, 2.75) is 49.8 Å². The van der Waals surface area contributed by atoms with Crippen molar-refractivity contribution in [3.63, 3.8) is 0 Å². The normalized spacial score (nSPS) is 17.9. The first-order valence-corrected chi connectivity index (χ1v) is 15.8. The Bertz CT molecular complexity index is 1960. The number of pyridine rings is 2. The average molecular weight is 677 g/mol. The average Bonchev–Trinajstić information content (AvgIpc) is 3.38. The number of benzene rings is 2. The minimum atomic E-state index is -5.22. The first-order chi connectivity index (χ1) is 21.8. The van der Waals surface area contributed by atoms with Crippen LogP contribution in [0.5, 0.6) is 11.5 Å². The van der Waals surface area contributed by atoms with Gasteiger partial charge in [-0.25, -0.2) is 17.8 Å². The Labute approximate surface area is 268 Å². The van der Waals surface area contributed by atoms with Gasteiger partial charge in [-0.2, -0.15) is 17.9 Å². The topological polar surface area (TPSA) is 140 Å². The number of nitrogens with zero attached hydrogens (tertiary/aromatic N) is 2. The van der Waals surface area contributed by atoms with Crippen molar-refractivity contribution >= 4 is 26.8 Å². The molecule has 1 amide bonds. The molecule has 0 saturated heterocycles. The molecule has 5 rings (SSSR count). The first kappa shape index (κ1) is 34.0. The second-order valence-corrected chi connectivity index (χ2v) is 14.8. The number of sulfonamides is 1. The third-order valence-electron chi connectivity index (χ3n) is 7.88. The van der Waals surface area contributed by atoms with Crippen LogP contribution in [0.2, 0.25) is 0 Å². The number of fused-ring (bicyclic) bond motifs is 2. The number of nitrogens with one attached hydrogen (secondary N) is 2. The summed E-state index contributed by atoms with van der Waals surface area (Å²) in [5, 5.41) is 14.8. The molecule has 2 atom stereocenters. The molecular weight excluding hydrogens is 644 g/mol. The molecular formula is C32H32F4N4O6S. The number of amides is 1. The predicted molar refractivity (Wildman–Crippen MR) is 165 cm³/mol. The largest absolute Gasteiger partial charge is 0.494 e. The number of ether oxygens (including phenoxy) is 2. The van der Waals surface area contributed by atoms with Crippen LogP contribution >= 0.6 is 0 Å². The highest BCUT2D eigenvalue weighted by molar-refractivity contribution is 7.90. The molecule has 3 heterocycles. The van der Waals surface area contributed by atoms with Crippen LogP contribution in [-0.2, 0) is 21.2 Å². The molecule has 3 N–H and O–H groups in total. The van der Waals surface area contributed by atoms with E-state index < -0.39 is 68.3 Å². The quantitative estimate of drug-likeness (QED) is 0.223.